The van der Waals surface area contributed by atoms with Crippen LogP contribution >= 0.6 is 0 Å². The summed E-state index contributed by atoms with van der Waals surface area (Å²) in [6, 6.07) is 15.5. The predicted octanol–water partition coefficient (Wildman–Crippen LogP) is 2.12. The maximum atomic E-state index is 12.5. The first-order chi connectivity index (χ1) is 12.2. The van der Waals surface area contributed by atoms with Gasteiger partial charge in [-0.2, -0.15) is 0 Å². The average molecular weight is 337 g/mol. The SMILES string of the molecule is CNC(=O)c1ccc(CNCC(=O)N2CCCc3ccccc32)cc1. The molecule has 0 saturated carbocycles. The van der Waals surface area contributed by atoms with Gasteiger partial charge in [0.25, 0.3) is 5.91 Å². The number of para-hydroxylation sites is 1. The number of hydrogen-bond donors (Lipinski definition) is 2. The number of anilines is 1. The fourth-order valence-electron chi connectivity index (χ4n) is 3.12. The number of carbonyl (C=O) groups is 2. The van der Waals surface area contributed by atoms with E-state index in [1.54, 1.807) is 19.2 Å². The van der Waals surface area contributed by atoms with Crippen molar-refractivity contribution in [1.82, 2.24) is 10.6 Å². The molecule has 0 bridgehead atoms. The zero-order valence-corrected chi connectivity index (χ0v) is 14.4. The Morgan fingerprint density at radius 1 is 1.08 bits per heavy atom. The van der Waals surface area contributed by atoms with E-state index in [9.17, 15) is 9.59 Å². The highest BCUT2D eigenvalue weighted by Gasteiger charge is 2.21. The van der Waals surface area contributed by atoms with Crippen molar-refractivity contribution in [3.63, 3.8) is 0 Å². The van der Waals surface area contributed by atoms with Gasteiger partial charge in [-0.05, 0) is 42.2 Å². The number of nitrogens with zero attached hydrogens (tertiary/aromatic N) is 1. The van der Waals surface area contributed by atoms with Crippen LogP contribution in [-0.2, 0) is 17.8 Å². The van der Waals surface area contributed by atoms with Gasteiger partial charge in [0.15, 0.2) is 0 Å². The molecular formula is C20H23N3O2. The van der Waals surface area contributed by atoms with Crippen LogP contribution in [-0.4, -0.2) is 32.0 Å². The van der Waals surface area contributed by atoms with Gasteiger partial charge in [-0.3, -0.25) is 9.59 Å². The van der Waals surface area contributed by atoms with Crippen molar-refractivity contribution >= 4 is 17.5 Å². The van der Waals surface area contributed by atoms with E-state index in [4.69, 9.17) is 0 Å². The van der Waals surface area contributed by atoms with Gasteiger partial charge in [0.1, 0.15) is 0 Å². The van der Waals surface area contributed by atoms with Crippen LogP contribution in [0.5, 0.6) is 0 Å². The van der Waals surface area contributed by atoms with E-state index < -0.39 is 0 Å². The number of amides is 2. The molecule has 1 aliphatic rings. The summed E-state index contributed by atoms with van der Waals surface area (Å²) in [7, 11) is 1.61. The molecule has 0 fully saturated rings. The average Bonchev–Trinajstić information content (AvgIpc) is 2.67. The minimum absolute atomic E-state index is 0.0918. The molecule has 1 heterocycles. The van der Waals surface area contributed by atoms with Crippen molar-refractivity contribution in [2.75, 3.05) is 25.0 Å². The van der Waals surface area contributed by atoms with Gasteiger partial charge < -0.3 is 15.5 Å². The van der Waals surface area contributed by atoms with Crippen LogP contribution in [0.3, 0.4) is 0 Å². The standard InChI is InChI=1S/C20H23N3O2/c1-21-20(25)17-10-8-15(9-11-17)13-22-14-19(24)23-12-4-6-16-5-2-3-7-18(16)23/h2-3,5,7-11,22H,4,6,12-14H2,1H3,(H,21,25). The molecule has 0 aromatic heterocycles. The molecule has 3 rings (SSSR count). The lowest BCUT2D eigenvalue weighted by molar-refractivity contribution is -0.117. The Morgan fingerprint density at radius 2 is 1.84 bits per heavy atom. The summed E-state index contributed by atoms with van der Waals surface area (Å²) in [6.07, 6.45) is 2.04. The summed E-state index contributed by atoms with van der Waals surface area (Å²) >= 11 is 0. The molecule has 0 aliphatic carbocycles. The summed E-state index contributed by atoms with van der Waals surface area (Å²) in [5.41, 5.74) is 3.95. The topological polar surface area (TPSA) is 61.4 Å². The van der Waals surface area contributed by atoms with E-state index in [-0.39, 0.29) is 11.8 Å². The Kier molecular flexibility index (Phi) is 5.46. The second-order valence-corrected chi connectivity index (χ2v) is 6.16. The lowest BCUT2D eigenvalue weighted by atomic mass is 10.0. The van der Waals surface area contributed by atoms with Crippen LogP contribution in [0.25, 0.3) is 0 Å². The van der Waals surface area contributed by atoms with Crippen molar-refractivity contribution in [2.45, 2.75) is 19.4 Å². The van der Waals surface area contributed by atoms with E-state index in [0.29, 0.717) is 18.7 Å². The van der Waals surface area contributed by atoms with Crippen LogP contribution in [0.15, 0.2) is 48.5 Å². The summed E-state index contributed by atoms with van der Waals surface area (Å²) in [5, 5.41) is 5.80. The van der Waals surface area contributed by atoms with Gasteiger partial charge in [-0.25, -0.2) is 0 Å². The Hall–Kier alpha value is -2.66. The second kappa shape index (κ2) is 7.94. The lowest BCUT2D eigenvalue weighted by Gasteiger charge is -2.29. The van der Waals surface area contributed by atoms with Crippen LogP contribution in [0.4, 0.5) is 5.69 Å². The maximum Gasteiger partial charge on any atom is 0.251 e. The molecule has 0 unspecified atom stereocenters. The molecule has 2 aromatic carbocycles. The molecule has 2 aromatic rings. The van der Waals surface area contributed by atoms with Gasteiger partial charge in [0.2, 0.25) is 5.91 Å². The number of hydrogen-bond acceptors (Lipinski definition) is 3. The summed E-state index contributed by atoms with van der Waals surface area (Å²) in [6.45, 7) is 1.67. The van der Waals surface area contributed by atoms with Gasteiger partial charge in [-0.15, -0.1) is 0 Å². The van der Waals surface area contributed by atoms with Crippen molar-refractivity contribution in [1.29, 1.82) is 0 Å². The molecule has 5 nitrogen and oxygen atoms in total. The molecule has 130 valence electrons. The first-order valence-corrected chi connectivity index (χ1v) is 8.59. The largest absolute Gasteiger partial charge is 0.355 e. The minimum Gasteiger partial charge on any atom is -0.355 e. The minimum atomic E-state index is -0.0987. The highest BCUT2D eigenvalue weighted by Crippen LogP contribution is 2.26. The van der Waals surface area contributed by atoms with Gasteiger partial charge >= 0.3 is 0 Å². The smallest absolute Gasteiger partial charge is 0.251 e. The Balaban J connectivity index is 1.54. The maximum absolute atomic E-state index is 12.5. The van der Waals surface area contributed by atoms with Crippen LogP contribution in [0, 0.1) is 0 Å². The molecule has 25 heavy (non-hydrogen) atoms. The summed E-state index contributed by atoms with van der Waals surface area (Å²) < 4.78 is 0. The molecule has 2 amide bonds. The van der Waals surface area contributed by atoms with E-state index in [0.717, 1.165) is 30.6 Å². The molecule has 0 spiro atoms. The Labute approximate surface area is 148 Å². The van der Waals surface area contributed by atoms with Crippen molar-refractivity contribution in [3.8, 4) is 0 Å². The third kappa shape index (κ3) is 4.06. The van der Waals surface area contributed by atoms with E-state index in [2.05, 4.69) is 16.7 Å². The molecule has 0 radical (unpaired) electrons. The number of nitrogens with one attached hydrogen (secondary N) is 2. The van der Waals surface area contributed by atoms with E-state index in [1.165, 1.54) is 5.56 Å². The third-order valence-electron chi connectivity index (χ3n) is 4.46. The quantitative estimate of drug-likeness (QED) is 0.878. The number of carbonyl (C=O) groups excluding carboxylic acids is 2. The Bertz CT molecular complexity index is 756. The number of aryl methyl sites for hydroxylation is 1. The summed E-state index contributed by atoms with van der Waals surface area (Å²) in [4.78, 5) is 25.9. The highest BCUT2D eigenvalue weighted by atomic mass is 16.2. The van der Waals surface area contributed by atoms with Crippen LogP contribution in [0.2, 0.25) is 0 Å². The van der Waals surface area contributed by atoms with Gasteiger partial charge in [0, 0.05) is 31.4 Å². The normalized spacial score (nSPS) is 13.2. The molecule has 5 heteroatoms. The number of fused-ring (bicyclic) bond motifs is 1. The molecule has 0 saturated heterocycles. The molecule has 2 N–H and O–H groups in total. The zero-order valence-electron chi connectivity index (χ0n) is 14.4. The van der Waals surface area contributed by atoms with Gasteiger partial charge in [0.05, 0.1) is 6.54 Å². The number of benzene rings is 2. The highest BCUT2D eigenvalue weighted by molar-refractivity contribution is 5.96. The first kappa shape index (κ1) is 17.2. The number of rotatable bonds is 5. The molecule has 1 aliphatic heterocycles. The van der Waals surface area contributed by atoms with E-state index in [1.807, 2.05) is 35.2 Å². The lowest BCUT2D eigenvalue weighted by Crippen LogP contribution is -2.41. The third-order valence-corrected chi connectivity index (χ3v) is 4.46. The molecular weight excluding hydrogens is 314 g/mol. The fourth-order valence-corrected chi connectivity index (χ4v) is 3.12. The van der Waals surface area contributed by atoms with Gasteiger partial charge in [-0.1, -0.05) is 30.3 Å². The monoisotopic (exact) mass is 337 g/mol. The zero-order chi connectivity index (χ0) is 17.6. The predicted molar refractivity (Wildman–Crippen MR) is 98.7 cm³/mol. The second-order valence-electron chi connectivity index (χ2n) is 6.16. The van der Waals surface area contributed by atoms with Crippen molar-refractivity contribution in [3.05, 3.63) is 65.2 Å². The van der Waals surface area contributed by atoms with Crippen LogP contribution in [0.1, 0.15) is 27.9 Å². The van der Waals surface area contributed by atoms with Crippen molar-refractivity contribution in [2.24, 2.45) is 0 Å². The van der Waals surface area contributed by atoms with E-state index >= 15 is 0 Å². The van der Waals surface area contributed by atoms with Crippen LogP contribution < -0.4 is 15.5 Å². The Morgan fingerprint density at radius 3 is 2.60 bits per heavy atom. The fraction of sp³-hybridized carbons (Fsp3) is 0.300. The summed E-state index contributed by atoms with van der Waals surface area (Å²) in [5.74, 6) is -0.00687. The molecule has 0 atom stereocenters. The van der Waals surface area contributed by atoms with Crippen molar-refractivity contribution < 1.29 is 9.59 Å². The first-order valence-electron chi connectivity index (χ1n) is 8.59.